The van der Waals surface area contributed by atoms with Gasteiger partial charge >= 0.3 is 0 Å². The minimum absolute atomic E-state index is 0.111. The monoisotopic (exact) mass is 302 g/mol. The fourth-order valence-electron chi connectivity index (χ4n) is 2.54. The molecule has 3 aromatic heterocycles. The van der Waals surface area contributed by atoms with E-state index in [0.717, 1.165) is 36.8 Å². The first-order valence-corrected chi connectivity index (χ1v) is 7.72. The lowest BCUT2D eigenvalue weighted by molar-refractivity contribution is 0.707. The quantitative estimate of drug-likeness (QED) is 0.764. The Morgan fingerprint density at radius 1 is 1.48 bits per heavy atom. The molecule has 0 fully saturated rings. The van der Waals surface area contributed by atoms with E-state index in [1.165, 1.54) is 27.1 Å². The van der Waals surface area contributed by atoms with Gasteiger partial charge in [-0.2, -0.15) is 9.61 Å². The van der Waals surface area contributed by atoms with Crippen LogP contribution in [0.1, 0.15) is 23.9 Å². The average Bonchev–Trinajstić information content (AvgIpc) is 3.12. The van der Waals surface area contributed by atoms with Crippen molar-refractivity contribution in [1.82, 2.24) is 24.8 Å². The molecule has 3 aromatic rings. The molecule has 1 aliphatic heterocycles. The number of aromatic nitrogens is 5. The van der Waals surface area contributed by atoms with Gasteiger partial charge in [-0.15, -0.1) is 5.10 Å². The van der Waals surface area contributed by atoms with E-state index in [4.69, 9.17) is 0 Å². The van der Waals surface area contributed by atoms with Gasteiger partial charge in [0.2, 0.25) is 10.1 Å². The second-order valence-electron chi connectivity index (χ2n) is 5.06. The summed E-state index contributed by atoms with van der Waals surface area (Å²) in [5.74, 6) is 0. The minimum Gasteiger partial charge on any atom is -0.342 e. The number of hydrogen-bond donors (Lipinski definition) is 1. The lowest BCUT2D eigenvalue weighted by atomic mass is 10.1. The van der Waals surface area contributed by atoms with Crippen LogP contribution < -0.4 is 10.5 Å². The minimum atomic E-state index is -0.111. The number of anilines is 1. The van der Waals surface area contributed by atoms with Crippen LogP contribution in [0.3, 0.4) is 0 Å². The van der Waals surface area contributed by atoms with Crippen molar-refractivity contribution >= 4 is 21.4 Å². The summed E-state index contributed by atoms with van der Waals surface area (Å²) in [6, 6.07) is 1.56. The molecular formula is C13H14N6OS. The van der Waals surface area contributed by atoms with Crippen LogP contribution in [0.2, 0.25) is 0 Å². The fourth-order valence-corrected chi connectivity index (χ4v) is 3.49. The van der Waals surface area contributed by atoms with E-state index in [1.54, 1.807) is 6.07 Å². The number of fused-ring (bicyclic) bond motifs is 2. The third-order valence-electron chi connectivity index (χ3n) is 3.72. The van der Waals surface area contributed by atoms with Crippen molar-refractivity contribution < 1.29 is 0 Å². The van der Waals surface area contributed by atoms with Crippen LogP contribution in [0, 0.1) is 0 Å². The Bertz CT molecular complexity index is 863. The number of nitrogens with zero attached hydrogens (tertiary/aromatic N) is 5. The highest BCUT2D eigenvalue weighted by molar-refractivity contribution is 7.20. The molecule has 0 saturated heterocycles. The van der Waals surface area contributed by atoms with E-state index >= 15 is 0 Å². The average molecular weight is 302 g/mol. The van der Waals surface area contributed by atoms with E-state index in [-0.39, 0.29) is 5.56 Å². The van der Waals surface area contributed by atoms with Crippen molar-refractivity contribution in [1.29, 1.82) is 0 Å². The Morgan fingerprint density at radius 2 is 2.38 bits per heavy atom. The zero-order chi connectivity index (χ0) is 14.4. The first-order chi connectivity index (χ1) is 10.2. The molecule has 1 aliphatic rings. The summed E-state index contributed by atoms with van der Waals surface area (Å²) in [7, 11) is 0. The molecule has 1 N–H and O–H groups in total. The Balaban J connectivity index is 1.75. The lowest BCUT2D eigenvalue weighted by Crippen LogP contribution is -2.30. The highest BCUT2D eigenvalue weighted by Gasteiger charge is 2.21. The van der Waals surface area contributed by atoms with Crippen molar-refractivity contribution in [3.8, 4) is 0 Å². The van der Waals surface area contributed by atoms with Crippen LogP contribution >= 0.6 is 11.3 Å². The van der Waals surface area contributed by atoms with Crippen LogP contribution in [-0.4, -0.2) is 31.3 Å². The number of H-pyrrole nitrogens is 1. The maximum atomic E-state index is 12.0. The molecule has 0 atom stereocenters. The molecule has 4 heterocycles. The number of aromatic amines is 1. The Labute approximate surface area is 124 Å². The second-order valence-corrected chi connectivity index (χ2v) is 6.00. The van der Waals surface area contributed by atoms with Crippen molar-refractivity contribution in [3.63, 3.8) is 0 Å². The standard InChI is InChI=1S/C13H14N6OS/c1-2-9-5-11(20)19-12(15-9)21-13(17-19)18-4-3-10-8(7-18)6-14-16-10/h5-6H,2-4,7H2,1H3,(H,14,16). The van der Waals surface area contributed by atoms with Crippen LogP contribution in [-0.2, 0) is 19.4 Å². The van der Waals surface area contributed by atoms with E-state index in [2.05, 4.69) is 25.2 Å². The summed E-state index contributed by atoms with van der Waals surface area (Å²) in [5.41, 5.74) is 3.08. The molecule has 0 amide bonds. The van der Waals surface area contributed by atoms with Gasteiger partial charge in [-0.1, -0.05) is 18.3 Å². The van der Waals surface area contributed by atoms with Crippen LogP contribution in [0.5, 0.6) is 0 Å². The van der Waals surface area contributed by atoms with Crippen LogP contribution in [0.25, 0.3) is 4.96 Å². The summed E-state index contributed by atoms with van der Waals surface area (Å²) < 4.78 is 1.39. The van der Waals surface area contributed by atoms with Gasteiger partial charge in [-0.05, 0) is 6.42 Å². The van der Waals surface area contributed by atoms with Gasteiger partial charge in [0.05, 0.1) is 6.20 Å². The zero-order valence-electron chi connectivity index (χ0n) is 11.5. The highest BCUT2D eigenvalue weighted by Crippen LogP contribution is 2.26. The van der Waals surface area contributed by atoms with Crippen molar-refractivity contribution in [2.45, 2.75) is 26.3 Å². The molecule has 0 saturated carbocycles. The number of aryl methyl sites for hydroxylation is 1. The first kappa shape index (κ1) is 12.5. The predicted octanol–water partition coefficient (Wildman–Crippen LogP) is 0.999. The number of rotatable bonds is 2. The Kier molecular flexibility index (Phi) is 2.78. The zero-order valence-corrected chi connectivity index (χ0v) is 12.4. The molecule has 0 aliphatic carbocycles. The van der Waals surface area contributed by atoms with Gasteiger partial charge < -0.3 is 4.90 Å². The third kappa shape index (κ3) is 2.02. The summed E-state index contributed by atoms with van der Waals surface area (Å²) >= 11 is 1.46. The summed E-state index contributed by atoms with van der Waals surface area (Å²) in [5, 5.41) is 12.4. The maximum absolute atomic E-state index is 12.0. The molecule has 0 bridgehead atoms. The predicted molar refractivity (Wildman–Crippen MR) is 79.9 cm³/mol. The van der Waals surface area contributed by atoms with Gasteiger partial charge in [0.15, 0.2) is 0 Å². The number of hydrogen-bond acceptors (Lipinski definition) is 6. The van der Waals surface area contributed by atoms with E-state index < -0.39 is 0 Å². The van der Waals surface area contributed by atoms with E-state index in [0.29, 0.717) is 4.96 Å². The third-order valence-corrected chi connectivity index (χ3v) is 4.69. The highest BCUT2D eigenvalue weighted by atomic mass is 32.1. The SMILES string of the molecule is CCc1cc(=O)n2nc(N3CCc4[nH]ncc4C3)sc2n1. The molecule has 0 spiro atoms. The van der Waals surface area contributed by atoms with Gasteiger partial charge in [0, 0.05) is 42.5 Å². The van der Waals surface area contributed by atoms with Crippen molar-refractivity contribution in [2.75, 3.05) is 11.4 Å². The lowest BCUT2D eigenvalue weighted by Gasteiger charge is -2.25. The topological polar surface area (TPSA) is 79.2 Å². The second kappa shape index (κ2) is 4.66. The molecule has 0 radical (unpaired) electrons. The first-order valence-electron chi connectivity index (χ1n) is 6.90. The summed E-state index contributed by atoms with van der Waals surface area (Å²) in [6.07, 6.45) is 3.52. The van der Waals surface area contributed by atoms with Crippen molar-refractivity contribution in [2.24, 2.45) is 0 Å². The number of nitrogens with one attached hydrogen (secondary N) is 1. The molecule has 108 valence electrons. The summed E-state index contributed by atoms with van der Waals surface area (Å²) in [6.45, 7) is 3.62. The normalized spacial score (nSPS) is 14.6. The molecule has 21 heavy (non-hydrogen) atoms. The Morgan fingerprint density at radius 3 is 3.24 bits per heavy atom. The molecule has 0 aromatic carbocycles. The molecule has 4 rings (SSSR count). The molecular weight excluding hydrogens is 288 g/mol. The van der Waals surface area contributed by atoms with Crippen LogP contribution in [0.4, 0.5) is 5.13 Å². The summed E-state index contributed by atoms with van der Waals surface area (Å²) in [4.78, 5) is 19.4. The largest absolute Gasteiger partial charge is 0.342 e. The van der Waals surface area contributed by atoms with E-state index in [9.17, 15) is 4.79 Å². The smallest absolute Gasteiger partial charge is 0.275 e. The van der Waals surface area contributed by atoms with Gasteiger partial charge in [-0.3, -0.25) is 9.89 Å². The fraction of sp³-hybridized carbons (Fsp3) is 0.385. The van der Waals surface area contributed by atoms with E-state index in [1.807, 2.05) is 13.1 Å². The molecule has 0 unspecified atom stereocenters. The Hall–Kier alpha value is -2.22. The van der Waals surface area contributed by atoms with Gasteiger partial charge in [0.25, 0.3) is 5.56 Å². The van der Waals surface area contributed by atoms with Gasteiger partial charge in [0.1, 0.15) is 0 Å². The molecule has 7 nitrogen and oxygen atoms in total. The van der Waals surface area contributed by atoms with Gasteiger partial charge in [-0.25, -0.2) is 4.98 Å². The van der Waals surface area contributed by atoms with Crippen molar-refractivity contribution in [3.05, 3.63) is 39.6 Å². The molecule has 8 heteroatoms. The maximum Gasteiger partial charge on any atom is 0.275 e. The van der Waals surface area contributed by atoms with Crippen LogP contribution in [0.15, 0.2) is 17.1 Å².